The van der Waals surface area contributed by atoms with Crippen LogP contribution in [0.2, 0.25) is 0 Å². The Morgan fingerprint density at radius 3 is 2.41 bits per heavy atom. The number of benzene rings is 1. The lowest BCUT2D eigenvalue weighted by atomic mass is 10.2. The van der Waals surface area contributed by atoms with Gasteiger partial charge in [-0.25, -0.2) is 4.98 Å². The molecule has 0 unspecified atom stereocenters. The highest BCUT2D eigenvalue weighted by molar-refractivity contribution is 5.63. The molecule has 6 nitrogen and oxygen atoms in total. The monoisotopic (exact) mass is 231 g/mol. The Hall–Kier alpha value is -2.63. The standard InChI is InChI=1S/C11H9N3O3/c15-8-5-4-7(10(16)11(8)17)13-14-9-3-1-2-6-12-9/h1-6,15-17H. The van der Waals surface area contributed by atoms with Crippen LogP contribution in [0, 0.1) is 0 Å². The van der Waals surface area contributed by atoms with E-state index in [1.54, 1.807) is 24.4 Å². The first kappa shape index (κ1) is 10.9. The van der Waals surface area contributed by atoms with Gasteiger partial charge in [0.25, 0.3) is 0 Å². The number of hydrogen-bond acceptors (Lipinski definition) is 6. The first-order valence-corrected chi connectivity index (χ1v) is 4.75. The van der Waals surface area contributed by atoms with Gasteiger partial charge in [0.2, 0.25) is 5.75 Å². The van der Waals surface area contributed by atoms with E-state index in [2.05, 4.69) is 15.2 Å². The van der Waals surface area contributed by atoms with Crippen LogP contribution in [0.25, 0.3) is 0 Å². The summed E-state index contributed by atoms with van der Waals surface area (Å²) in [5.74, 6) is -1.19. The van der Waals surface area contributed by atoms with Crippen LogP contribution < -0.4 is 0 Å². The Labute approximate surface area is 96.5 Å². The molecule has 2 rings (SSSR count). The quantitative estimate of drug-likeness (QED) is 0.546. The summed E-state index contributed by atoms with van der Waals surface area (Å²) < 4.78 is 0. The van der Waals surface area contributed by atoms with Crippen molar-refractivity contribution in [2.45, 2.75) is 0 Å². The number of rotatable bonds is 2. The van der Waals surface area contributed by atoms with Crippen LogP contribution in [0.4, 0.5) is 11.5 Å². The first-order valence-electron chi connectivity index (χ1n) is 4.75. The predicted octanol–water partition coefficient (Wildman–Crippen LogP) is 2.61. The van der Waals surface area contributed by atoms with Gasteiger partial charge in [-0.3, -0.25) is 0 Å². The fourth-order valence-corrected chi connectivity index (χ4v) is 1.16. The smallest absolute Gasteiger partial charge is 0.202 e. The van der Waals surface area contributed by atoms with Crippen molar-refractivity contribution in [1.82, 2.24) is 4.98 Å². The van der Waals surface area contributed by atoms with Gasteiger partial charge in [-0.05, 0) is 24.3 Å². The minimum Gasteiger partial charge on any atom is -0.504 e. The number of aromatic nitrogens is 1. The van der Waals surface area contributed by atoms with E-state index in [9.17, 15) is 10.2 Å². The number of nitrogens with zero attached hydrogens (tertiary/aromatic N) is 3. The molecule has 86 valence electrons. The second kappa shape index (κ2) is 4.48. The van der Waals surface area contributed by atoms with Crippen molar-refractivity contribution in [3.8, 4) is 17.2 Å². The van der Waals surface area contributed by atoms with E-state index in [0.717, 1.165) is 0 Å². The fourth-order valence-electron chi connectivity index (χ4n) is 1.16. The number of phenols is 3. The number of pyridine rings is 1. The van der Waals surface area contributed by atoms with E-state index in [1.165, 1.54) is 12.1 Å². The second-order valence-corrected chi connectivity index (χ2v) is 3.19. The number of hydrogen-bond donors (Lipinski definition) is 3. The van der Waals surface area contributed by atoms with Crippen LogP contribution in [-0.2, 0) is 0 Å². The normalized spacial score (nSPS) is 10.8. The molecule has 0 saturated heterocycles. The Morgan fingerprint density at radius 1 is 0.882 bits per heavy atom. The van der Waals surface area contributed by atoms with Crippen LogP contribution in [-0.4, -0.2) is 20.3 Å². The van der Waals surface area contributed by atoms with Crippen molar-refractivity contribution in [1.29, 1.82) is 0 Å². The van der Waals surface area contributed by atoms with Gasteiger partial charge in [0, 0.05) is 6.20 Å². The van der Waals surface area contributed by atoms with E-state index in [-0.39, 0.29) is 5.69 Å². The van der Waals surface area contributed by atoms with E-state index >= 15 is 0 Å². The van der Waals surface area contributed by atoms with Crippen LogP contribution in [0.3, 0.4) is 0 Å². The maximum Gasteiger partial charge on any atom is 0.202 e. The van der Waals surface area contributed by atoms with Crippen LogP contribution >= 0.6 is 0 Å². The molecule has 0 radical (unpaired) electrons. The molecular formula is C11H9N3O3. The lowest BCUT2D eigenvalue weighted by Gasteiger charge is -2.01. The third kappa shape index (κ3) is 2.31. The predicted molar refractivity (Wildman–Crippen MR) is 59.8 cm³/mol. The van der Waals surface area contributed by atoms with Crippen LogP contribution in [0.1, 0.15) is 0 Å². The summed E-state index contributed by atoms with van der Waals surface area (Å²) >= 11 is 0. The van der Waals surface area contributed by atoms with Gasteiger partial charge < -0.3 is 15.3 Å². The third-order valence-corrected chi connectivity index (χ3v) is 2.02. The summed E-state index contributed by atoms with van der Waals surface area (Å²) in [5.41, 5.74) is 0.0472. The molecule has 0 amide bonds. The zero-order valence-electron chi connectivity index (χ0n) is 8.65. The van der Waals surface area contributed by atoms with Gasteiger partial charge in [0.05, 0.1) is 0 Å². The van der Waals surface area contributed by atoms with E-state index in [0.29, 0.717) is 5.82 Å². The van der Waals surface area contributed by atoms with Crippen LogP contribution in [0.15, 0.2) is 46.8 Å². The minimum absolute atomic E-state index is 0.0472. The Balaban J connectivity index is 2.31. The van der Waals surface area contributed by atoms with E-state index in [4.69, 9.17) is 5.11 Å². The third-order valence-electron chi connectivity index (χ3n) is 2.02. The lowest BCUT2D eigenvalue weighted by molar-refractivity contribution is 0.368. The molecule has 3 N–H and O–H groups in total. The topological polar surface area (TPSA) is 98.3 Å². The molecule has 6 heteroatoms. The summed E-state index contributed by atoms with van der Waals surface area (Å²) in [6, 6.07) is 7.66. The average molecular weight is 231 g/mol. The summed E-state index contributed by atoms with van der Waals surface area (Å²) in [6.07, 6.45) is 1.56. The highest BCUT2D eigenvalue weighted by atomic mass is 16.3. The molecule has 0 bridgehead atoms. The molecule has 1 heterocycles. The largest absolute Gasteiger partial charge is 0.504 e. The zero-order valence-corrected chi connectivity index (χ0v) is 8.65. The molecule has 1 aromatic heterocycles. The van der Waals surface area contributed by atoms with Crippen molar-refractivity contribution >= 4 is 11.5 Å². The molecule has 0 aliphatic carbocycles. The van der Waals surface area contributed by atoms with Gasteiger partial charge in [-0.15, -0.1) is 10.2 Å². The zero-order chi connectivity index (χ0) is 12.3. The van der Waals surface area contributed by atoms with Gasteiger partial charge in [0.1, 0.15) is 5.69 Å². The van der Waals surface area contributed by atoms with Gasteiger partial charge in [-0.2, -0.15) is 0 Å². The number of aromatic hydroxyl groups is 3. The maximum atomic E-state index is 9.47. The molecule has 0 aliphatic heterocycles. The first-order chi connectivity index (χ1) is 8.18. The van der Waals surface area contributed by atoms with Crippen LogP contribution in [0.5, 0.6) is 17.2 Å². The molecule has 0 atom stereocenters. The molecule has 0 spiro atoms. The van der Waals surface area contributed by atoms with Gasteiger partial charge in [-0.1, -0.05) is 6.07 Å². The number of phenolic OH excluding ortho intramolecular Hbond substituents is 3. The summed E-state index contributed by atoms with van der Waals surface area (Å²) in [6.45, 7) is 0. The van der Waals surface area contributed by atoms with Crippen molar-refractivity contribution in [3.63, 3.8) is 0 Å². The molecular weight excluding hydrogens is 222 g/mol. The summed E-state index contributed by atoms with van der Waals surface area (Å²) in [4.78, 5) is 3.91. The van der Waals surface area contributed by atoms with E-state index in [1.807, 2.05) is 0 Å². The molecule has 17 heavy (non-hydrogen) atoms. The Kier molecular flexibility index (Phi) is 2.87. The molecule has 1 aromatic carbocycles. The second-order valence-electron chi connectivity index (χ2n) is 3.19. The Morgan fingerprint density at radius 2 is 1.71 bits per heavy atom. The maximum absolute atomic E-state index is 9.47. The molecule has 2 aromatic rings. The number of azo groups is 1. The van der Waals surface area contributed by atoms with E-state index < -0.39 is 17.2 Å². The average Bonchev–Trinajstić information content (AvgIpc) is 2.36. The molecule has 0 saturated carbocycles. The van der Waals surface area contributed by atoms with Gasteiger partial charge >= 0.3 is 0 Å². The minimum atomic E-state index is -0.623. The molecule has 0 aliphatic rings. The van der Waals surface area contributed by atoms with Crippen molar-refractivity contribution < 1.29 is 15.3 Å². The van der Waals surface area contributed by atoms with Crippen molar-refractivity contribution in [2.24, 2.45) is 10.2 Å². The SMILES string of the molecule is Oc1ccc(N=Nc2ccccn2)c(O)c1O. The summed E-state index contributed by atoms with van der Waals surface area (Å²) in [7, 11) is 0. The Bertz CT molecular complexity index is 555. The highest BCUT2D eigenvalue weighted by Crippen LogP contribution is 2.41. The molecule has 0 fully saturated rings. The summed E-state index contributed by atoms with van der Waals surface area (Å²) in [5, 5.41) is 35.3. The van der Waals surface area contributed by atoms with Crippen molar-refractivity contribution in [2.75, 3.05) is 0 Å². The van der Waals surface area contributed by atoms with Crippen molar-refractivity contribution in [3.05, 3.63) is 36.5 Å². The van der Waals surface area contributed by atoms with Gasteiger partial charge in [0.15, 0.2) is 17.3 Å². The lowest BCUT2D eigenvalue weighted by Crippen LogP contribution is -1.73. The fraction of sp³-hybridized carbons (Fsp3) is 0. The highest BCUT2D eigenvalue weighted by Gasteiger charge is 2.10.